The molecule has 0 unspecified atom stereocenters. The number of carbonyl (C=O) groups is 1. The van der Waals surface area contributed by atoms with E-state index in [-0.39, 0.29) is 11.9 Å². The van der Waals surface area contributed by atoms with Gasteiger partial charge in [0.05, 0.1) is 27.4 Å². The fourth-order valence-electron chi connectivity index (χ4n) is 2.45. The highest BCUT2D eigenvalue weighted by Gasteiger charge is 2.21. The van der Waals surface area contributed by atoms with Gasteiger partial charge in [0.1, 0.15) is 22.8 Å². The molecule has 1 atom stereocenters. The Kier molecular flexibility index (Phi) is 5.46. The number of ether oxygens (including phenoxy) is 3. The van der Waals surface area contributed by atoms with Crippen LogP contribution in [0.2, 0.25) is 0 Å². The molecular weight excluding hydrogens is 294 g/mol. The van der Waals surface area contributed by atoms with Crippen molar-refractivity contribution in [3.63, 3.8) is 0 Å². The van der Waals surface area contributed by atoms with Gasteiger partial charge in [0, 0.05) is 5.56 Å². The van der Waals surface area contributed by atoms with Crippen molar-refractivity contribution >= 4 is 5.91 Å². The molecule has 0 aromatic heterocycles. The predicted octanol–water partition coefficient (Wildman–Crippen LogP) is 3.20. The van der Waals surface area contributed by atoms with Crippen molar-refractivity contribution in [1.82, 2.24) is 5.32 Å². The van der Waals surface area contributed by atoms with Gasteiger partial charge in [-0.05, 0) is 25.1 Å². The van der Waals surface area contributed by atoms with Crippen LogP contribution in [0.25, 0.3) is 0 Å². The van der Waals surface area contributed by atoms with Crippen LogP contribution in [0.4, 0.5) is 0 Å². The molecule has 2 aromatic rings. The summed E-state index contributed by atoms with van der Waals surface area (Å²) in [6, 6.07) is 12.6. The summed E-state index contributed by atoms with van der Waals surface area (Å²) in [7, 11) is 4.65. The van der Waals surface area contributed by atoms with Gasteiger partial charge in [-0.15, -0.1) is 0 Å². The highest BCUT2D eigenvalue weighted by Crippen LogP contribution is 2.30. The number of rotatable bonds is 6. The second-order valence-electron chi connectivity index (χ2n) is 4.97. The van der Waals surface area contributed by atoms with Crippen LogP contribution in [0, 0.1) is 0 Å². The monoisotopic (exact) mass is 315 g/mol. The first-order valence-corrected chi connectivity index (χ1v) is 7.27. The summed E-state index contributed by atoms with van der Waals surface area (Å²) in [6.45, 7) is 1.90. The summed E-state index contributed by atoms with van der Waals surface area (Å²) < 4.78 is 15.9. The zero-order valence-electron chi connectivity index (χ0n) is 13.8. The molecular formula is C18H21NO4. The van der Waals surface area contributed by atoms with Crippen LogP contribution < -0.4 is 19.5 Å². The van der Waals surface area contributed by atoms with Crippen molar-refractivity contribution in [2.45, 2.75) is 13.0 Å². The molecule has 2 aromatic carbocycles. The number of amides is 1. The maximum atomic E-state index is 12.7. The Bertz CT molecular complexity index is 662. The Hall–Kier alpha value is -2.69. The number of hydrogen-bond acceptors (Lipinski definition) is 4. The SMILES string of the molecule is COc1ccccc1[C@H](C)NC(=O)c1c(OC)cccc1OC. The highest BCUT2D eigenvalue weighted by atomic mass is 16.5. The topological polar surface area (TPSA) is 56.8 Å². The Labute approximate surface area is 136 Å². The van der Waals surface area contributed by atoms with E-state index in [1.165, 1.54) is 14.2 Å². The average Bonchev–Trinajstić information content (AvgIpc) is 2.60. The van der Waals surface area contributed by atoms with Crippen LogP contribution in [0.15, 0.2) is 42.5 Å². The van der Waals surface area contributed by atoms with Crippen LogP contribution in [-0.2, 0) is 0 Å². The number of methoxy groups -OCH3 is 3. The molecule has 2 rings (SSSR count). The molecule has 0 spiro atoms. The molecule has 5 heteroatoms. The number of hydrogen-bond donors (Lipinski definition) is 1. The van der Waals surface area contributed by atoms with Gasteiger partial charge in [0.25, 0.3) is 5.91 Å². The zero-order valence-corrected chi connectivity index (χ0v) is 13.8. The zero-order chi connectivity index (χ0) is 16.8. The molecule has 0 aliphatic carbocycles. The van der Waals surface area contributed by atoms with Crippen LogP contribution in [0.1, 0.15) is 28.9 Å². The van der Waals surface area contributed by atoms with E-state index < -0.39 is 0 Å². The van der Waals surface area contributed by atoms with Gasteiger partial charge >= 0.3 is 0 Å². The molecule has 0 aliphatic rings. The standard InChI is InChI=1S/C18H21NO4/c1-12(13-8-5-6-9-14(13)21-2)19-18(20)17-15(22-3)10-7-11-16(17)23-4/h5-12H,1-4H3,(H,19,20)/t12-/m0/s1. The van der Waals surface area contributed by atoms with Crippen molar-refractivity contribution in [2.75, 3.05) is 21.3 Å². The highest BCUT2D eigenvalue weighted by molar-refractivity contribution is 6.00. The number of nitrogens with one attached hydrogen (secondary N) is 1. The van der Waals surface area contributed by atoms with Crippen molar-refractivity contribution in [3.8, 4) is 17.2 Å². The summed E-state index contributed by atoms with van der Waals surface area (Å²) in [5.74, 6) is 1.40. The lowest BCUT2D eigenvalue weighted by atomic mass is 10.1. The molecule has 1 N–H and O–H groups in total. The van der Waals surface area contributed by atoms with Crippen molar-refractivity contribution < 1.29 is 19.0 Å². The third kappa shape index (κ3) is 3.56. The Morgan fingerprint density at radius 3 is 1.96 bits per heavy atom. The largest absolute Gasteiger partial charge is 0.496 e. The first-order chi connectivity index (χ1) is 11.1. The van der Waals surface area contributed by atoms with Gasteiger partial charge in [-0.2, -0.15) is 0 Å². The minimum Gasteiger partial charge on any atom is -0.496 e. The van der Waals surface area contributed by atoms with Gasteiger partial charge < -0.3 is 19.5 Å². The van der Waals surface area contributed by atoms with Gasteiger partial charge in [-0.1, -0.05) is 24.3 Å². The third-order valence-electron chi connectivity index (χ3n) is 3.61. The molecule has 0 heterocycles. The maximum Gasteiger partial charge on any atom is 0.259 e. The quantitative estimate of drug-likeness (QED) is 0.889. The summed E-state index contributed by atoms with van der Waals surface area (Å²) in [4.78, 5) is 12.7. The number of carbonyl (C=O) groups excluding carboxylic acids is 1. The van der Waals surface area contributed by atoms with Gasteiger partial charge in [0.2, 0.25) is 0 Å². The van der Waals surface area contributed by atoms with E-state index in [2.05, 4.69) is 5.32 Å². The van der Waals surface area contributed by atoms with E-state index in [0.29, 0.717) is 17.1 Å². The normalized spacial score (nSPS) is 11.5. The molecule has 0 saturated carbocycles. The lowest BCUT2D eigenvalue weighted by molar-refractivity contribution is 0.0933. The minimum absolute atomic E-state index is 0.228. The fourth-order valence-corrected chi connectivity index (χ4v) is 2.45. The van der Waals surface area contributed by atoms with Crippen LogP contribution >= 0.6 is 0 Å². The molecule has 5 nitrogen and oxygen atoms in total. The smallest absolute Gasteiger partial charge is 0.259 e. The van der Waals surface area contributed by atoms with Crippen LogP contribution in [-0.4, -0.2) is 27.2 Å². The first kappa shape index (κ1) is 16.7. The minimum atomic E-state index is -0.266. The average molecular weight is 315 g/mol. The molecule has 0 aliphatic heterocycles. The van der Waals surface area contributed by atoms with E-state index >= 15 is 0 Å². The lowest BCUT2D eigenvalue weighted by Crippen LogP contribution is -2.27. The molecule has 23 heavy (non-hydrogen) atoms. The van der Waals surface area contributed by atoms with Gasteiger partial charge in [-0.25, -0.2) is 0 Å². The van der Waals surface area contributed by atoms with Gasteiger partial charge in [-0.3, -0.25) is 4.79 Å². The van der Waals surface area contributed by atoms with E-state index in [9.17, 15) is 4.79 Å². The van der Waals surface area contributed by atoms with E-state index in [4.69, 9.17) is 14.2 Å². The molecule has 122 valence electrons. The second-order valence-corrected chi connectivity index (χ2v) is 4.97. The maximum absolute atomic E-state index is 12.7. The van der Waals surface area contributed by atoms with E-state index in [1.807, 2.05) is 31.2 Å². The second kappa shape index (κ2) is 7.54. The number of para-hydroxylation sites is 1. The van der Waals surface area contributed by atoms with E-state index in [1.54, 1.807) is 25.3 Å². The molecule has 0 fully saturated rings. The fraction of sp³-hybridized carbons (Fsp3) is 0.278. The molecule has 1 amide bonds. The summed E-state index contributed by atoms with van der Waals surface area (Å²) in [6.07, 6.45) is 0. The Morgan fingerprint density at radius 2 is 1.39 bits per heavy atom. The summed E-state index contributed by atoms with van der Waals surface area (Å²) >= 11 is 0. The molecule has 0 bridgehead atoms. The first-order valence-electron chi connectivity index (χ1n) is 7.27. The van der Waals surface area contributed by atoms with Crippen LogP contribution in [0.3, 0.4) is 0 Å². The van der Waals surface area contributed by atoms with Crippen molar-refractivity contribution in [1.29, 1.82) is 0 Å². The third-order valence-corrected chi connectivity index (χ3v) is 3.61. The number of benzene rings is 2. The van der Waals surface area contributed by atoms with E-state index in [0.717, 1.165) is 11.3 Å². The summed E-state index contributed by atoms with van der Waals surface area (Å²) in [5, 5.41) is 2.96. The molecule has 0 radical (unpaired) electrons. The predicted molar refractivity (Wildman–Crippen MR) is 88.4 cm³/mol. The van der Waals surface area contributed by atoms with Crippen molar-refractivity contribution in [2.24, 2.45) is 0 Å². The van der Waals surface area contributed by atoms with Crippen molar-refractivity contribution in [3.05, 3.63) is 53.6 Å². The molecule has 0 saturated heterocycles. The Morgan fingerprint density at radius 1 is 0.870 bits per heavy atom. The van der Waals surface area contributed by atoms with Gasteiger partial charge in [0.15, 0.2) is 0 Å². The van der Waals surface area contributed by atoms with Crippen LogP contribution in [0.5, 0.6) is 17.2 Å². The Balaban J connectivity index is 2.29. The summed E-state index contributed by atoms with van der Waals surface area (Å²) in [5.41, 5.74) is 1.27. The lowest BCUT2D eigenvalue weighted by Gasteiger charge is -2.19.